The van der Waals surface area contributed by atoms with Gasteiger partial charge in [0.25, 0.3) is 0 Å². The van der Waals surface area contributed by atoms with Gasteiger partial charge in [0, 0.05) is 0 Å². The van der Waals surface area contributed by atoms with Crippen molar-refractivity contribution >= 4 is 93.7 Å². The zero-order valence-corrected chi connectivity index (χ0v) is 21.0. The number of nitrogens with one attached hydrogen (secondary N) is 2. The number of nitrogens with zero attached hydrogens (tertiary/aromatic N) is 2. The molecule has 10 nitrogen and oxygen atoms in total. The van der Waals surface area contributed by atoms with Crippen molar-refractivity contribution in [2.24, 2.45) is 4.99 Å². The molecule has 0 fully saturated rings. The second-order valence-electron chi connectivity index (χ2n) is 6.20. The first kappa shape index (κ1) is 22.7. The number of anilines is 1. The van der Waals surface area contributed by atoms with Crippen LogP contribution in [0.5, 0.6) is 0 Å². The number of hydrogen-bond acceptors (Lipinski definition) is 8. The zero-order valence-electron chi connectivity index (χ0n) is 15.4. The molecule has 1 aliphatic rings. The summed E-state index contributed by atoms with van der Waals surface area (Å²) in [6.07, 6.45) is 4.39. The third-order valence-corrected chi connectivity index (χ3v) is 8.54. The summed E-state index contributed by atoms with van der Waals surface area (Å²) >= 11 is 0.675. The summed E-state index contributed by atoms with van der Waals surface area (Å²) in [7, 11) is -9.87. The topological polar surface area (TPSA) is 148 Å². The maximum atomic E-state index is 12.0. The van der Waals surface area contributed by atoms with Crippen molar-refractivity contribution in [2.45, 2.75) is 9.79 Å². The first-order chi connectivity index (χ1) is 13.5. The molecule has 0 bridgehead atoms. The van der Waals surface area contributed by atoms with E-state index in [1.807, 2.05) is 12.1 Å². The van der Waals surface area contributed by atoms with E-state index in [1.165, 1.54) is 23.9 Å². The molecule has 0 atom stereocenters. The van der Waals surface area contributed by atoms with Gasteiger partial charge in [-0.25, -0.2) is 0 Å². The molecule has 4 N–H and O–H groups in total. The Balaban J connectivity index is 2.39. The van der Waals surface area contributed by atoms with E-state index in [0.717, 1.165) is 8.88 Å². The fourth-order valence-electron chi connectivity index (χ4n) is 2.99. The third-order valence-electron chi connectivity index (χ3n) is 4.26. The van der Waals surface area contributed by atoms with Crippen LogP contribution in [0, 0.1) is 0 Å². The number of benzene rings is 2. The van der Waals surface area contributed by atoms with Crippen molar-refractivity contribution in [3.8, 4) is 11.1 Å². The summed E-state index contributed by atoms with van der Waals surface area (Å²) in [5.41, 5.74) is 7.10. The molecule has 3 rings (SSSR count). The molecule has 2 aromatic carbocycles. The van der Waals surface area contributed by atoms with Gasteiger partial charge in [0.1, 0.15) is 0 Å². The zero-order chi connectivity index (χ0) is 21.4. The van der Waals surface area contributed by atoms with Crippen LogP contribution in [0.4, 0.5) is 5.69 Å². The van der Waals surface area contributed by atoms with E-state index in [2.05, 4.69) is 15.8 Å². The Hall–Kier alpha value is -0.930. The van der Waals surface area contributed by atoms with Gasteiger partial charge in [0.05, 0.1) is 0 Å². The second kappa shape index (κ2) is 8.67. The summed E-state index contributed by atoms with van der Waals surface area (Å²) in [5.74, 6) is 0. The van der Waals surface area contributed by atoms with Crippen LogP contribution in [0.3, 0.4) is 0 Å². The molecule has 1 aliphatic heterocycles. The summed E-state index contributed by atoms with van der Waals surface area (Å²) in [6.45, 7) is 0. The Morgan fingerprint density at radius 2 is 1.72 bits per heavy atom. The summed E-state index contributed by atoms with van der Waals surface area (Å²) < 4.78 is 68.2. The average molecular weight is 454 g/mol. The SMILES string of the molecule is O=S(=O)(O)c1cc(-c2cccc[c]2[Na])c(NN2C=CN=CN2)[c]([Na])c1S(=O)(=O)O. The van der Waals surface area contributed by atoms with Gasteiger partial charge in [-0.3, -0.25) is 0 Å². The van der Waals surface area contributed by atoms with Crippen LogP contribution in [0.15, 0.2) is 57.5 Å². The van der Waals surface area contributed by atoms with Crippen LogP contribution >= 0.6 is 0 Å². The molecular weight excluding hydrogens is 442 g/mol. The van der Waals surface area contributed by atoms with E-state index in [9.17, 15) is 25.9 Å². The molecule has 142 valence electrons. The van der Waals surface area contributed by atoms with Gasteiger partial charge in [0.2, 0.25) is 0 Å². The first-order valence-corrected chi connectivity index (χ1v) is 13.1. The molecule has 29 heavy (non-hydrogen) atoms. The van der Waals surface area contributed by atoms with Gasteiger partial charge in [-0.05, 0) is 0 Å². The Labute approximate surface area is 202 Å². The Bertz CT molecular complexity index is 1250. The van der Waals surface area contributed by atoms with Crippen LogP contribution in [0.2, 0.25) is 0 Å². The van der Waals surface area contributed by atoms with Crippen molar-refractivity contribution in [3.63, 3.8) is 0 Å². The van der Waals surface area contributed by atoms with Gasteiger partial charge < -0.3 is 0 Å². The molecular formula is C15H12N4Na2O6S2. The Kier molecular flexibility index (Phi) is 6.80. The van der Waals surface area contributed by atoms with E-state index >= 15 is 0 Å². The van der Waals surface area contributed by atoms with Crippen molar-refractivity contribution in [1.82, 2.24) is 10.5 Å². The number of hydrogen-bond donors (Lipinski definition) is 4. The van der Waals surface area contributed by atoms with Crippen LogP contribution in [0.25, 0.3) is 11.1 Å². The molecule has 14 heteroatoms. The van der Waals surface area contributed by atoms with E-state index in [1.54, 1.807) is 12.1 Å². The molecule has 0 aromatic heterocycles. The fraction of sp³-hybridized carbons (Fsp3) is 0. The van der Waals surface area contributed by atoms with Crippen molar-refractivity contribution in [2.75, 3.05) is 5.43 Å². The van der Waals surface area contributed by atoms with E-state index in [-0.39, 0.29) is 36.4 Å². The quantitative estimate of drug-likeness (QED) is 0.333. The molecule has 0 radical (unpaired) electrons. The van der Waals surface area contributed by atoms with Crippen LogP contribution < -0.4 is 16.5 Å². The maximum absolute atomic E-state index is 12.0. The van der Waals surface area contributed by atoms with Crippen molar-refractivity contribution in [1.29, 1.82) is 0 Å². The summed E-state index contributed by atoms with van der Waals surface area (Å²) in [6, 6.07) is 8.30. The van der Waals surface area contributed by atoms with E-state index in [0.29, 0.717) is 39.1 Å². The minimum absolute atomic E-state index is 0.0400. The normalized spacial score (nSPS) is 14.1. The van der Waals surface area contributed by atoms with Gasteiger partial charge in [-0.15, -0.1) is 0 Å². The molecule has 0 saturated carbocycles. The van der Waals surface area contributed by atoms with Gasteiger partial charge >= 0.3 is 204 Å². The number of aliphatic imine (C=N–C) groups is 1. The molecule has 0 unspecified atom stereocenters. The van der Waals surface area contributed by atoms with Gasteiger partial charge in [0.15, 0.2) is 0 Å². The monoisotopic (exact) mass is 454 g/mol. The standard InChI is InChI=1S/C15H12N4O6S2.2Na/c20-26(21,22)14-8-12(11-4-2-1-3-5-11)13(9-15(14)27(23,24)25)18-19-7-6-16-10-17-19;;/h1-4,6-8,10,18H,(H,16,17)(H,20,21,22)(H,23,24,25);;. The fourth-order valence-corrected chi connectivity index (χ4v) is 7.31. The second-order valence-corrected chi connectivity index (χ2v) is 11.0. The predicted octanol–water partition coefficient (Wildman–Crippen LogP) is -0.919. The summed E-state index contributed by atoms with van der Waals surface area (Å²) in [5, 5.41) is 1.39. The van der Waals surface area contributed by atoms with Gasteiger partial charge in [-0.1, -0.05) is 0 Å². The van der Waals surface area contributed by atoms with Crippen LogP contribution in [-0.4, -0.2) is 93.3 Å². The van der Waals surface area contributed by atoms with Crippen LogP contribution in [-0.2, 0) is 20.2 Å². The molecule has 0 spiro atoms. The number of hydrazine groups is 2. The Morgan fingerprint density at radius 3 is 2.28 bits per heavy atom. The molecule has 0 amide bonds. The molecule has 0 aliphatic carbocycles. The average Bonchev–Trinajstić information content (AvgIpc) is 2.62. The molecule has 1 heterocycles. The van der Waals surface area contributed by atoms with Crippen molar-refractivity contribution in [3.05, 3.63) is 42.7 Å². The first-order valence-electron chi connectivity index (χ1n) is 8.19. The van der Waals surface area contributed by atoms with Crippen molar-refractivity contribution < 1.29 is 25.9 Å². The third kappa shape index (κ3) is 5.05. The minimum atomic E-state index is -4.94. The van der Waals surface area contributed by atoms with E-state index in [4.69, 9.17) is 0 Å². The van der Waals surface area contributed by atoms with Crippen LogP contribution in [0.1, 0.15) is 0 Å². The van der Waals surface area contributed by atoms with Gasteiger partial charge in [-0.2, -0.15) is 0 Å². The molecule has 0 saturated heterocycles. The molecule has 2 aromatic rings. The number of rotatable bonds is 5. The predicted molar refractivity (Wildman–Crippen MR) is 109 cm³/mol. The summed E-state index contributed by atoms with van der Waals surface area (Å²) in [4.78, 5) is 2.16. The Morgan fingerprint density at radius 1 is 1.03 bits per heavy atom. The van der Waals surface area contributed by atoms with E-state index < -0.39 is 30.0 Å².